The lowest BCUT2D eigenvalue weighted by molar-refractivity contribution is 0.534. The first-order valence-electron chi connectivity index (χ1n) is 8.25. The number of aromatic amines is 1. The summed E-state index contributed by atoms with van der Waals surface area (Å²) in [6.07, 6.45) is 1.12. The second-order valence-electron chi connectivity index (χ2n) is 7.36. The van der Waals surface area contributed by atoms with Gasteiger partial charge in [0.1, 0.15) is 0 Å². The Morgan fingerprint density at radius 1 is 1.09 bits per heavy atom. The Labute approximate surface area is 131 Å². The van der Waals surface area contributed by atoms with Crippen molar-refractivity contribution in [3.8, 4) is 0 Å². The number of aromatic nitrogens is 1. The van der Waals surface area contributed by atoms with Gasteiger partial charge in [0.15, 0.2) is 0 Å². The van der Waals surface area contributed by atoms with Gasteiger partial charge in [-0.25, -0.2) is 0 Å². The van der Waals surface area contributed by atoms with Gasteiger partial charge in [-0.2, -0.15) is 0 Å². The van der Waals surface area contributed by atoms with Crippen LogP contribution in [0.3, 0.4) is 0 Å². The minimum Gasteiger partial charge on any atom is -0.358 e. The molecule has 0 bridgehead atoms. The molecule has 1 aromatic heterocycles. The lowest BCUT2D eigenvalue weighted by atomic mass is 9.98. The van der Waals surface area contributed by atoms with Crippen molar-refractivity contribution < 1.29 is 0 Å². The van der Waals surface area contributed by atoms with Gasteiger partial charge in [0.25, 0.3) is 0 Å². The van der Waals surface area contributed by atoms with Crippen LogP contribution in [0, 0.1) is 18.3 Å². The first kappa shape index (κ1) is 13.8. The number of nitrogens with two attached hydrogens (primary N) is 1. The van der Waals surface area contributed by atoms with E-state index < -0.39 is 0 Å². The van der Waals surface area contributed by atoms with Crippen LogP contribution in [0.4, 0.5) is 0 Å². The van der Waals surface area contributed by atoms with Crippen molar-refractivity contribution in [3.63, 3.8) is 0 Å². The summed E-state index contributed by atoms with van der Waals surface area (Å²) in [5.41, 5.74) is 10.3. The minimum absolute atomic E-state index is 0.366. The summed E-state index contributed by atoms with van der Waals surface area (Å²) in [6, 6.07) is 13.2. The SMILES string of the molecule is Cc1[nH]c2c(ccc3ccccc32)c1[C@@H]1[C@@H](CCN)C1(C)C. The van der Waals surface area contributed by atoms with Gasteiger partial charge in [-0.1, -0.05) is 50.2 Å². The topological polar surface area (TPSA) is 41.8 Å². The Morgan fingerprint density at radius 2 is 1.86 bits per heavy atom. The van der Waals surface area contributed by atoms with Crippen molar-refractivity contribution in [2.75, 3.05) is 6.54 Å². The molecule has 1 aliphatic carbocycles. The quantitative estimate of drug-likeness (QED) is 0.720. The molecule has 3 N–H and O–H groups in total. The van der Waals surface area contributed by atoms with E-state index in [0.717, 1.165) is 13.0 Å². The van der Waals surface area contributed by atoms with Gasteiger partial charge in [0, 0.05) is 16.5 Å². The molecule has 0 spiro atoms. The molecule has 0 amide bonds. The summed E-state index contributed by atoms with van der Waals surface area (Å²) in [7, 11) is 0. The summed E-state index contributed by atoms with van der Waals surface area (Å²) in [5.74, 6) is 1.34. The third-order valence-corrected chi connectivity index (χ3v) is 5.77. The molecule has 4 rings (SSSR count). The highest BCUT2D eigenvalue weighted by Gasteiger charge is 2.58. The van der Waals surface area contributed by atoms with Crippen LogP contribution < -0.4 is 5.73 Å². The number of hydrogen-bond acceptors (Lipinski definition) is 1. The van der Waals surface area contributed by atoms with Crippen molar-refractivity contribution in [3.05, 3.63) is 47.7 Å². The fourth-order valence-corrected chi connectivity index (χ4v) is 4.52. The molecule has 1 aliphatic rings. The van der Waals surface area contributed by atoms with Crippen molar-refractivity contribution in [1.29, 1.82) is 0 Å². The monoisotopic (exact) mass is 292 g/mol. The lowest BCUT2D eigenvalue weighted by Crippen LogP contribution is -2.02. The molecule has 3 aromatic rings. The van der Waals surface area contributed by atoms with Crippen LogP contribution in [0.15, 0.2) is 36.4 Å². The molecule has 1 heterocycles. The molecular weight excluding hydrogens is 268 g/mol. The smallest absolute Gasteiger partial charge is 0.0538 e. The van der Waals surface area contributed by atoms with Crippen LogP contribution in [0.1, 0.15) is 37.4 Å². The van der Waals surface area contributed by atoms with Crippen molar-refractivity contribution >= 4 is 21.7 Å². The Balaban J connectivity index is 1.93. The maximum absolute atomic E-state index is 5.82. The van der Waals surface area contributed by atoms with Crippen LogP contribution in [-0.4, -0.2) is 11.5 Å². The fourth-order valence-electron chi connectivity index (χ4n) is 4.52. The molecule has 1 saturated carbocycles. The van der Waals surface area contributed by atoms with Gasteiger partial charge in [0.2, 0.25) is 0 Å². The van der Waals surface area contributed by atoms with E-state index in [1.165, 1.54) is 32.9 Å². The highest BCUT2D eigenvalue weighted by molar-refractivity contribution is 6.07. The third kappa shape index (κ3) is 1.77. The molecule has 2 aromatic carbocycles. The van der Waals surface area contributed by atoms with E-state index in [1.54, 1.807) is 0 Å². The van der Waals surface area contributed by atoms with E-state index >= 15 is 0 Å². The molecular formula is C20H24N2. The van der Waals surface area contributed by atoms with Crippen molar-refractivity contribution in [2.45, 2.75) is 33.1 Å². The standard InChI is InChI=1S/C20H24N2/c1-12-17(18-16(10-11-21)20(18,2)3)15-9-8-13-6-4-5-7-14(13)19(15)22-12/h4-9,16,18,22H,10-11,21H2,1-3H3/t16-,18+/m1/s1. The maximum atomic E-state index is 5.82. The Bertz CT molecular complexity index is 857. The first-order chi connectivity index (χ1) is 10.6. The average molecular weight is 292 g/mol. The van der Waals surface area contributed by atoms with Gasteiger partial charge < -0.3 is 10.7 Å². The van der Waals surface area contributed by atoms with E-state index in [9.17, 15) is 0 Å². The number of rotatable bonds is 3. The summed E-state index contributed by atoms with van der Waals surface area (Å²) in [5, 5.41) is 4.02. The van der Waals surface area contributed by atoms with Crippen molar-refractivity contribution in [1.82, 2.24) is 4.98 Å². The Morgan fingerprint density at radius 3 is 2.64 bits per heavy atom. The van der Waals surface area contributed by atoms with Gasteiger partial charge >= 0.3 is 0 Å². The summed E-state index contributed by atoms with van der Waals surface area (Å²) in [4.78, 5) is 3.66. The van der Waals surface area contributed by atoms with E-state index in [0.29, 0.717) is 17.3 Å². The zero-order valence-electron chi connectivity index (χ0n) is 13.6. The van der Waals surface area contributed by atoms with Gasteiger partial charge in [-0.15, -0.1) is 0 Å². The summed E-state index contributed by atoms with van der Waals surface area (Å²) < 4.78 is 0. The van der Waals surface area contributed by atoms with Crippen LogP contribution in [0.2, 0.25) is 0 Å². The normalized spacial score (nSPS) is 23.3. The second-order valence-corrected chi connectivity index (χ2v) is 7.36. The van der Waals surface area contributed by atoms with Crippen LogP contribution in [-0.2, 0) is 0 Å². The number of nitrogens with one attached hydrogen (secondary N) is 1. The number of aryl methyl sites for hydroxylation is 1. The molecule has 114 valence electrons. The molecule has 2 nitrogen and oxygen atoms in total. The number of H-pyrrole nitrogens is 1. The Hall–Kier alpha value is -1.80. The molecule has 2 atom stereocenters. The zero-order chi connectivity index (χ0) is 15.5. The van der Waals surface area contributed by atoms with Crippen LogP contribution in [0.5, 0.6) is 0 Å². The van der Waals surface area contributed by atoms with Gasteiger partial charge in [0.05, 0.1) is 5.52 Å². The van der Waals surface area contributed by atoms with Crippen LogP contribution in [0.25, 0.3) is 21.7 Å². The number of fused-ring (bicyclic) bond motifs is 3. The molecule has 2 heteroatoms. The second kappa shape index (κ2) is 4.60. The molecule has 1 fully saturated rings. The minimum atomic E-state index is 0.366. The number of benzene rings is 2. The molecule has 22 heavy (non-hydrogen) atoms. The zero-order valence-corrected chi connectivity index (χ0v) is 13.6. The van der Waals surface area contributed by atoms with Gasteiger partial charge in [-0.3, -0.25) is 0 Å². The largest absolute Gasteiger partial charge is 0.358 e. The molecule has 0 unspecified atom stereocenters. The highest BCUT2D eigenvalue weighted by Crippen LogP contribution is 2.67. The summed E-state index contributed by atoms with van der Waals surface area (Å²) in [6.45, 7) is 7.78. The third-order valence-electron chi connectivity index (χ3n) is 5.77. The maximum Gasteiger partial charge on any atom is 0.0538 e. The lowest BCUT2D eigenvalue weighted by Gasteiger charge is -2.04. The van der Waals surface area contributed by atoms with E-state index in [2.05, 4.69) is 62.2 Å². The Kier molecular flexibility index (Phi) is 2.89. The first-order valence-corrected chi connectivity index (χ1v) is 8.25. The van der Waals surface area contributed by atoms with Crippen molar-refractivity contribution in [2.24, 2.45) is 17.1 Å². The number of hydrogen-bond donors (Lipinski definition) is 2. The predicted molar refractivity (Wildman–Crippen MR) is 94.2 cm³/mol. The molecule has 0 radical (unpaired) electrons. The molecule has 0 aliphatic heterocycles. The van der Waals surface area contributed by atoms with Crippen LogP contribution >= 0.6 is 0 Å². The highest BCUT2D eigenvalue weighted by atomic mass is 14.7. The summed E-state index contributed by atoms with van der Waals surface area (Å²) >= 11 is 0. The average Bonchev–Trinajstić information content (AvgIpc) is 2.87. The van der Waals surface area contributed by atoms with E-state index in [4.69, 9.17) is 5.73 Å². The van der Waals surface area contributed by atoms with E-state index in [-0.39, 0.29) is 0 Å². The predicted octanol–water partition coefficient (Wildman–Crippen LogP) is 4.72. The van der Waals surface area contributed by atoms with E-state index in [1.807, 2.05) is 0 Å². The fraction of sp³-hybridized carbons (Fsp3) is 0.400. The molecule has 0 saturated heterocycles. The van der Waals surface area contributed by atoms with Gasteiger partial charge in [-0.05, 0) is 48.1 Å².